The maximum Gasteiger partial charge on any atom is 0.332 e. The van der Waals surface area contributed by atoms with Gasteiger partial charge in [0.05, 0.1) is 21.3 Å². The predicted molar refractivity (Wildman–Crippen MR) is 99.1 cm³/mol. The van der Waals surface area contributed by atoms with E-state index in [1.165, 1.54) is 6.92 Å². The van der Waals surface area contributed by atoms with Crippen LogP contribution in [0.4, 0.5) is 11.8 Å². The molecule has 0 saturated carbocycles. The molecule has 6 N–H and O–H groups in total. The number of aliphatic carboxylic acids is 1. The minimum Gasteiger partial charge on any atom is -0.493 e. The zero-order chi connectivity index (χ0) is 20.6. The monoisotopic (exact) mass is 380 g/mol. The topological polar surface area (TPSA) is 163 Å². The quantitative estimate of drug-likeness (QED) is 0.561. The van der Waals surface area contributed by atoms with Crippen molar-refractivity contribution in [2.24, 2.45) is 0 Å². The zero-order valence-electron chi connectivity index (χ0n) is 15.6. The number of carboxylic acid groups (broad SMARTS) is 1. The first-order valence-electron chi connectivity index (χ1n) is 7.80. The van der Waals surface area contributed by atoms with Gasteiger partial charge in [-0.1, -0.05) is 0 Å². The fourth-order valence-corrected chi connectivity index (χ4v) is 2.03. The van der Waals surface area contributed by atoms with Crippen molar-refractivity contribution in [1.29, 1.82) is 0 Å². The van der Waals surface area contributed by atoms with E-state index in [1.54, 1.807) is 27.5 Å². The maximum atomic E-state index is 9.45. The highest BCUT2D eigenvalue weighted by Crippen LogP contribution is 2.38. The Labute approximate surface area is 156 Å². The number of nitrogens with two attached hydrogens (primary N) is 2. The van der Waals surface area contributed by atoms with Crippen LogP contribution >= 0.6 is 0 Å². The van der Waals surface area contributed by atoms with Crippen molar-refractivity contribution in [2.45, 2.75) is 19.4 Å². The van der Waals surface area contributed by atoms with Gasteiger partial charge in [0, 0.05) is 18.2 Å². The van der Waals surface area contributed by atoms with E-state index in [0.29, 0.717) is 29.5 Å². The fraction of sp³-hybridized carbons (Fsp3) is 0.353. The number of nitrogens with zero attached hydrogens (tertiary/aromatic N) is 2. The fourth-order valence-electron chi connectivity index (χ4n) is 2.03. The van der Waals surface area contributed by atoms with Crippen LogP contribution < -0.4 is 25.7 Å². The molecule has 0 aliphatic rings. The lowest BCUT2D eigenvalue weighted by Crippen LogP contribution is -2.13. The summed E-state index contributed by atoms with van der Waals surface area (Å²) in [6, 6.07) is 3.72. The molecule has 1 aromatic heterocycles. The average molecular weight is 380 g/mol. The molecule has 0 amide bonds. The summed E-state index contributed by atoms with van der Waals surface area (Å²) in [5.74, 6) is 1.04. The molecule has 2 aromatic rings. The van der Waals surface area contributed by atoms with Crippen LogP contribution in [-0.2, 0) is 11.2 Å². The second-order valence-corrected chi connectivity index (χ2v) is 5.36. The molecule has 0 bridgehead atoms. The zero-order valence-corrected chi connectivity index (χ0v) is 15.6. The molecule has 0 fully saturated rings. The van der Waals surface area contributed by atoms with Crippen LogP contribution in [0.15, 0.2) is 18.3 Å². The van der Waals surface area contributed by atoms with Gasteiger partial charge in [0.25, 0.3) is 0 Å². The lowest BCUT2D eigenvalue weighted by Gasteiger charge is -2.14. The third-order valence-electron chi connectivity index (χ3n) is 3.39. The summed E-state index contributed by atoms with van der Waals surface area (Å²) in [5, 5.41) is 15.8. The number of hydrogen-bond donors (Lipinski definition) is 4. The van der Waals surface area contributed by atoms with Crippen molar-refractivity contribution < 1.29 is 29.2 Å². The second kappa shape index (κ2) is 10.0. The smallest absolute Gasteiger partial charge is 0.332 e. The van der Waals surface area contributed by atoms with Gasteiger partial charge in [-0.3, -0.25) is 0 Å². The van der Waals surface area contributed by atoms with Gasteiger partial charge in [-0.2, -0.15) is 4.98 Å². The molecule has 27 heavy (non-hydrogen) atoms. The Morgan fingerprint density at radius 1 is 1.15 bits per heavy atom. The number of aromatic nitrogens is 2. The highest BCUT2D eigenvalue weighted by molar-refractivity contribution is 5.71. The number of hydrogen-bond acceptors (Lipinski definition) is 9. The number of carboxylic acids is 1. The van der Waals surface area contributed by atoms with E-state index in [2.05, 4.69) is 9.97 Å². The number of nitrogen functional groups attached to an aromatic ring is 2. The molecule has 1 atom stereocenters. The molecule has 1 aromatic carbocycles. The molecule has 10 nitrogen and oxygen atoms in total. The first-order chi connectivity index (χ1) is 12.7. The summed E-state index contributed by atoms with van der Waals surface area (Å²) in [4.78, 5) is 17.3. The van der Waals surface area contributed by atoms with E-state index in [1.807, 2.05) is 12.1 Å². The average Bonchev–Trinajstić information content (AvgIpc) is 2.63. The number of aliphatic hydroxyl groups excluding tert-OH is 1. The molecule has 10 heteroatoms. The van der Waals surface area contributed by atoms with E-state index in [0.717, 1.165) is 11.1 Å². The van der Waals surface area contributed by atoms with E-state index in [4.69, 9.17) is 35.9 Å². The normalized spacial score (nSPS) is 11.0. The first kappa shape index (κ1) is 21.8. The number of methoxy groups -OCH3 is 3. The Morgan fingerprint density at radius 2 is 1.67 bits per heavy atom. The number of benzene rings is 1. The Balaban J connectivity index is 0.000000527. The van der Waals surface area contributed by atoms with Crippen LogP contribution in [-0.4, -0.2) is 53.6 Å². The number of ether oxygens (including phenoxy) is 3. The summed E-state index contributed by atoms with van der Waals surface area (Å²) in [6.07, 6.45) is 0.911. The van der Waals surface area contributed by atoms with Gasteiger partial charge in [0.1, 0.15) is 11.9 Å². The standard InChI is InChI=1S/C14H18N4O3.C3H6O3/c1-19-10-5-8(6-11(20-2)12(10)21-3)4-9-7-17-14(16)18-13(9)15;1-2(4)3(5)6/h5-7H,4H2,1-3H3,(H4,15,16,17,18);2,4H,1H3,(H,5,6)/t;2-/m.0/s1. The SMILES string of the molecule is COc1cc(Cc2cnc(N)nc2N)cc(OC)c1OC.C[C@H](O)C(=O)O. The van der Waals surface area contributed by atoms with Crippen LogP contribution in [0.1, 0.15) is 18.1 Å². The summed E-state index contributed by atoms with van der Waals surface area (Å²) >= 11 is 0. The van der Waals surface area contributed by atoms with Crippen molar-refractivity contribution in [3.05, 3.63) is 29.5 Å². The van der Waals surface area contributed by atoms with Crippen LogP contribution in [0, 0.1) is 0 Å². The lowest BCUT2D eigenvalue weighted by atomic mass is 10.1. The number of rotatable bonds is 6. The van der Waals surface area contributed by atoms with Gasteiger partial charge in [0.15, 0.2) is 11.5 Å². The minimum absolute atomic E-state index is 0.154. The van der Waals surface area contributed by atoms with Crippen molar-refractivity contribution in [2.75, 3.05) is 32.8 Å². The van der Waals surface area contributed by atoms with Crippen molar-refractivity contribution in [3.63, 3.8) is 0 Å². The van der Waals surface area contributed by atoms with Gasteiger partial charge in [-0.25, -0.2) is 9.78 Å². The highest BCUT2D eigenvalue weighted by atomic mass is 16.5. The summed E-state index contributed by atoms with van der Waals surface area (Å²) < 4.78 is 15.9. The molecule has 0 aliphatic heterocycles. The number of carbonyl (C=O) groups is 1. The van der Waals surface area contributed by atoms with Crippen LogP contribution in [0.2, 0.25) is 0 Å². The molecule has 0 unspecified atom stereocenters. The van der Waals surface area contributed by atoms with Gasteiger partial charge < -0.3 is 35.9 Å². The maximum absolute atomic E-state index is 9.45. The molecule has 0 saturated heterocycles. The molecular formula is C17H24N4O6. The summed E-state index contributed by atoms with van der Waals surface area (Å²) in [7, 11) is 4.70. The Hall–Kier alpha value is -3.27. The van der Waals surface area contributed by atoms with E-state index in [-0.39, 0.29) is 5.95 Å². The highest BCUT2D eigenvalue weighted by Gasteiger charge is 2.14. The van der Waals surface area contributed by atoms with Gasteiger partial charge in [-0.15, -0.1) is 0 Å². The van der Waals surface area contributed by atoms with E-state index >= 15 is 0 Å². The molecule has 1 heterocycles. The van der Waals surface area contributed by atoms with Crippen LogP contribution in [0.3, 0.4) is 0 Å². The van der Waals surface area contributed by atoms with Gasteiger partial charge in [0.2, 0.25) is 11.7 Å². The molecule has 148 valence electrons. The Bertz CT molecular complexity index is 757. The number of anilines is 2. The molecule has 2 rings (SSSR count). The Morgan fingerprint density at radius 3 is 2.04 bits per heavy atom. The minimum atomic E-state index is -1.23. The third kappa shape index (κ3) is 6.19. The van der Waals surface area contributed by atoms with Crippen LogP contribution in [0.25, 0.3) is 0 Å². The summed E-state index contributed by atoms with van der Waals surface area (Å²) in [6.45, 7) is 1.20. The first-order valence-corrected chi connectivity index (χ1v) is 7.80. The molecular weight excluding hydrogens is 356 g/mol. The summed E-state index contributed by atoms with van der Waals surface area (Å²) in [5.41, 5.74) is 13.1. The third-order valence-corrected chi connectivity index (χ3v) is 3.39. The number of aliphatic hydroxyl groups is 1. The van der Waals surface area contributed by atoms with Crippen molar-refractivity contribution in [1.82, 2.24) is 9.97 Å². The van der Waals surface area contributed by atoms with Crippen molar-refractivity contribution in [3.8, 4) is 17.2 Å². The van der Waals surface area contributed by atoms with E-state index in [9.17, 15) is 4.79 Å². The van der Waals surface area contributed by atoms with Gasteiger partial charge >= 0.3 is 5.97 Å². The molecule has 0 spiro atoms. The second-order valence-electron chi connectivity index (χ2n) is 5.36. The van der Waals surface area contributed by atoms with E-state index < -0.39 is 12.1 Å². The lowest BCUT2D eigenvalue weighted by molar-refractivity contribution is -0.145. The molecule has 0 aliphatic carbocycles. The predicted octanol–water partition coefficient (Wildman–Crippen LogP) is 0.709. The van der Waals surface area contributed by atoms with Gasteiger partial charge in [-0.05, 0) is 24.6 Å². The largest absolute Gasteiger partial charge is 0.493 e. The molecule has 0 radical (unpaired) electrons. The van der Waals surface area contributed by atoms with Crippen molar-refractivity contribution >= 4 is 17.7 Å². The van der Waals surface area contributed by atoms with Crippen LogP contribution in [0.5, 0.6) is 17.2 Å². The Kier molecular flexibility index (Phi) is 8.08.